The van der Waals surface area contributed by atoms with Crippen molar-refractivity contribution in [1.82, 2.24) is 4.98 Å². The monoisotopic (exact) mass is 254 g/mol. The van der Waals surface area contributed by atoms with Gasteiger partial charge in [-0.15, -0.1) is 0 Å². The molecule has 6 nitrogen and oxygen atoms in total. The first-order valence-corrected chi connectivity index (χ1v) is 5.46. The third kappa shape index (κ3) is 3.73. The highest BCUT2D eigenvalue weighted by atomic mass is 16.5. The van der Waals surface area contributed by atoms with E-state index in [0.29, 0.717) is 5.56 Å². The molecule has 18 heavy (non-hydrogen) atoms. The van der Waals surface area contributed by atoms with E-state index in [-0.39, 0.29) is 5.69 Å². The van der Waals surface area contributed by atoms with Gasteiger partial charge in [-0.05, 0) is 6.07 Å². The Balaban J connectivity index is 0.00000137. The molecule has 1 heterocycles. The van der Waals surface area contributed by atoms with Gasteiger partial charge in [0.15, 0.2) is 5.92 Å². The van der Waals surface area contributed by atoms with E-state index in [1.54, 1.807) is 0 Å². The number of pyridine rings is 1. The van der Waals surface area contributed by atoms with Crippen LogP contribution in [-0.2, 0) is 19.1 Å². The van der Waals surface area contributed by atoms with Gasteiger partial charge in [0.05, 0.1) is 26.1 Å². The van der Waals surface area contributed by atoms with Crippen molar-refractivity contribution in [3.8, 4) is 0 Å². The zero-order valence-corrected chi connectivity index (χ0v) is 11.0. The number of rotatable bonds is 3. The van der Waals surface area contributed by atoms with Gasteiger partial charge in [0, 0.05) is 11.8 Å². The van der Waals surface area contributed by atoms with Crippen LogP contribution in [0.25, 0.3) is 0 Å². The molecule has 0 unspecified atom stereocenters. The topological polar surface area (TPSA) is 91.5 Å². The zero-order chi connectivity index (χ0) is 14.1. The summed E-state index contributed by atoms with van der Waals surface area (Å²) in [5, 5.41) is 0. The minimum Gasteiger partial charge on any atom is -0.468 e. The van der Waals surface area contributed by atoms with Gasteiger partial charge in [-0.1, -0.05) is 13.8 Å². The fourth-order valence-corrected chi connectivity index (χ4v) is 1.27. The van der Waals surface area contributed by atoms with Crippen molar-refractivity contribution in [2.45, 2.75) is 19.8 Å². The van der Waals surface area contributed by atoms with E-state index in [9.17, 15) is 9.59 Å². The van der Waals surface area contributed by atoms with E-state index in [0.717, 1.165) is 0 Å². The molecule has 0 aliphatic rings. The molecule has 0 radical (unpaired) electrons. The van der Waals surface area contributed by atoms with Crippen LogP contribution in [0.3, 0.4) is 0 Å². The second-order valence-electron chi connectivity index (χ2n) is 2.98. The van der Waals surface area contributed by atoms with Crippen LogP contribution in [-0.4, -0.2) is 31.1 Å². The van der Waals surface area contributed by atoms with Crippen LogP contribution in [0.2, 0.25) is 0 Å². The van der Waals surface area contributed by atoms with Crippen molar-refractivity contribution < 1.29 is 19.1 Å². The van der Waals surface area contributed by atoms with Crippen molar-refractivity contribution in [3.05, 3.63) is 24.0 Å². The highest BCUT2D eigenvalue weighted by Gasteiger charge is 2.32. The molecule has 1 rings (SSSR count). The van der Waals surface area contributed by atoms with E-state index in [2.05, 4.69) is 14.5 Å². The number of hydrogen-bond donors (Lipinski definition) is 1. The van der Waals surface area contributed by atoms with Crippen LogP contribution in [0, 0.1) is 0 Å². The molecule has 0 saturated carbocycles. The van der Waals surface area contributed by atoms with E-state index in [1.165, 1.54) is 32.7 Å². The Morgan fingerprint density at radius 1 is 1.22 bits per heavy atom. The summed E-state index contributed by atoms with van der Waals surface area (Å²) in [6, 6.07) is 1.48. The number of anilines is 1. The first-order chi connectivity index (χ1) is 8.61. The Kier molecular flexibility index (Phi) is 7.11. The third-order valence-electron chi connectivity index (χ3n) is 2.07. The molecule has 1 aromatic heterocycles. The Morgan fingerprint density at radius 2 is 1.72 bits per heavy atom. The quantitative estimate of drug-likeness (QED) is 0.642. The largest absolute Gasteiger partial charge is 0.468 e. The molecule has 6 heteroatoms. The lowest BCUT2D eigenvalue weighted by atomic mass is 9.99. The van der Waals surface area contributed by atoms with Gasteiger partial charge in [0.25, 0.3) is 0 Å². The summed E-state index contributed by atoms with van der Waals surface area (Å²) in [6.45, 7) is 4.00. The molecule has 2 N–H and O–H groups in total. The molecular formula is C12H18N2O4. The maximum atomic E-state index is 11.5. The van der Waals surface area contributed by atoms with E-state index in [4.69, 9.17) is 5.73 Å². The van der Waals surface area contributed by atoms with Crippen molar-refractivity contribution in [3.63, 3.8) is 0 Å². The lowest BCUT2D eigenvalue weighted by Gasteiger charge is -2.13. The lowest BCUT2D eigenvalue weighted by Crippen LogP contribution is -2.25. The molecule has 0 aliphatic carbocycles. The molecule has 100 valence electrons. The number of aromatic nitrogens is 1. The molecule has 0 spiro atoms. The smallest absolute Gasteiger partial charge is 0.324 e. The molecular weight excluding hydrogens is 236 g/mol. The summed E-state index contributed by atoms with van der Waals surface area (Å²) in [5.41, 5.74) is 6.20. The van der Waals surface area contributed by atoms with E-state index >= 15 is 0 Å². The number of esters is 2. The minimum absolute atomic E-state index is 0.239. The van der Waals surface area contributed by atoms with Crippen LogP contribution < -0.4 is 5.73 Å². The molecule has 0 saturated heterocycles. The number of hydrogen-bond acceptors (Lipinski definition) is 6. The minimum atomic E-state index is -1.17. The first kappa shape index (κ1) is 15.9. The van der Waals surface area contributed by atoms with Crippen LogP contribution in [0.4, 0.5) is 5.69 Å². The fraction of sp³-hybridized carbons (Fsp3) is 0.417. The number of carbonyl (C=O) groups is 2. The third-order valence-corrected chi connectivity index (χ3v) is 2.07. The number of carbonyl (C=O) groups excluding carboxylic acids is 2. The molecule has 0 bridgehead atoms. The van der Waals surface area contributed by atoms with E-state index in [1.807, 2.05) is 13.8 Å². The number of nitrogens with two attached hydrogens (primary N) is 1. The predicted molar refractivity (Wildman–Crippen MR) is 66.8 cm³/mol. The summed E-state index contributed by atoms with van der Waals surface area (Å²) in [6.07, 6.45) is 2.79. The SMILES string of the molecule is CC.COC(=O)C(C(=O)OC)c1ccncc1N. The maximum absolute atomic E-state index is 11.5. The molecule has 1 aromatic rings. The Bertz CT molecular complexity index is 391. The van der Waals surface area contributed by atoms with Gasteiger partial charge in [0.1, 0.15) is 0 Å². The van der Waals surface area contributed by atoms with Crippen molar-refractivity contribution >= 4 is 17.6 Å². The molecule has 0 atom stereocenters. The van der Waals surface area contributed by atoms with Crippen molar-refractivity contribution in [2.75, 3.05) is 20.0 Å². The van der Waals surface area contributed by atoms with Crippen molar-refractivity contribution in [2.24, 2.45) is 0 Å². The van der Waals surface area contributed by atoms with Crippen LogP contribution in [0.1, 0.15) is 25.3 Å². The van der Waals surface area contributed by atoms with Gasteiger partial charge in [-0.2, -0.15) is 0 Å². The Morgan fingerprint density at radius 3 is 2.11 bits per heavy atom. The normalized spacial score (nSPS) is 9.17. The average molecular weight is 254 g/mol. The predicted octanol–water partition coefficient (Wildman–Crippen LogP) is 1.12. The van der Waals surface area contributed by atoms with Crippen LogP contribution >= 0.6 is 0 Å². The Hall–Kier alpha value is -2.11. The molecule has 0 aliphatic heterocycles. The van der Waals surface area contributed by atoms with Gasteiger partial charge in [-0.25, -0.2) is 0 Å². The zero-order valence-electron chi connectivity index (χ0n) is 11.0. The second kappa shape index (κ2) is 8.05. The first-order valence-electron chi connectivity index (χ1n) is 5.46. The van der Waals surface area contributed by atoms with Crippen LogP contribution in [0.5, 0.6) is 0 Å². The highest BCUT2D eigenvalue weighted by molar-refractivity contribution is 6.01. The van der Waals surface area contributed by atoms with Crippen LogP contribution in [0.15, 0.2) is 18.5 Å². The average Bonchev–Trinajstić information content (AvgIpc) is 2.42. The maximum Gasteiger partial charge on any atom is 0.324 e. The van der Waals surface area contributed by atoms with E-state index < -0.39 is 17.9 Å². The molecule has 0 aromatic carbocycles. The number of ether oxygens (including phenoxy) is 2. The van der Waals surface area contributed by atoms with Gasteiger partial charge in [-0.3, -0.25) is 14.6 Å². The summed E-state index contributed by atoms with van der Waals surface area (Å²) in [7, 11) is 2.38. The lowest BCUT2D eigenvalue weighted by molar-refractivity contribution is -0.154. The summed E-state index contributed by atoms with van der Waals surface area (Å²) in [4.78, 5) is 26.7. The molecule has 0 fully saturated rings. The number of nitrogen functional groups attached to an aromatic ring is 1. The molecule has 0 amide bonds. The summed E-state index contributed by atoms with van der Waals surface area (Å²) < 4.78 is 9.06. The standard InChI is InChI=1S/C10H12N2O4.C2H6/c1-15-9(13)8(10(14)16-2)6-3-4-12-5-7(6)11;1-2/h3-5,8H,11H2,1-2H3;1-2H3. The van der Waals surface area contributed by atoms with Gasteiger partial charge < -0.3 is 15.2 Å². The number of nitrogens with zero attached hydrogens (tertiary/aromatic N) is 1. The van der Waals surface area contributed by atoms with Gasteiger partial charge >= 0.3 is 11.9 Å². The van der Waals surface area contributed by atoms with Crippen molar-refractivity contribution in [1.29, 1.82) is 0 Å². The fourth-order valence-electron chi connectivity index (χ4n) is 1.27. The van der Waals surface area contributed by atoms with Gasteiger partial charge in [0.2, 0.25) is 0 Å². The second-order valence-corrected chi connectivity index (χ2v) is 2.98. The summed E-state index contributed by atoms with van der Waals surface area (Å²) in [5.74, 6) is -2.60. The number of methoxy groups -OCH3 is 2. The summed E-state index contributed by atoms with van der Waals surface area (Å²) >= 11 is 0. The Labute approximate surface area is 106 Å². The highest BCUT2D eigenvalue weighted by Crippen LogP contribution is 2.23.